The lowest BCUT2D eigenvalue weighted by Crippen LogP contribution is -2.66. The van der Waals surface area contributed by atoms with Crippen molar-refractivity contribution in [2.45, 2.75) is 71.9 Å². The SMILES string of the molecule is CC=C(C)C(=O)OC1C(C)=CC23C(C)CC4C(C(C=C(CO)C(O)C12O)C3O)C4(C)C. The summed E-state index contributed by atoms with van der Waals surface area (Å²) in [5, 5.41) is 45.7. The van der Waals surface area contributed by atoms with Gasteiger partial charge >= 0.3 is 5.97 Å². The van der Waals surface area contributed by atoms with Gasteiger partial charge in [0, 0.05) is 11.5 Å². The molecule has 0 aliphatic heterocycles. The summed E-state index contributed by atoms with van der Waals surface area (Å²) < 4.78 is 5.76. The first-order chi connectivity index (χ1) is 14.4. The van der Waals surface area contributed by atoms with E-state index in [4.69, 9.17) is 4.74 Å². The highest BCUT2D eigenvalue weighted by Gasteiger charge is 2.76. The molecule has 9 atom stereocenters. The van der Waals surface area contributed by atoms with E-state index in [0.29, 0.717) is 17.1 Å². The van der Waals surface area contributed by atoms with Gasteiger partial charge in [-0.25, -0.2) is 4.79 Å². The van der Waals surface area contributed by atoms with Crippen LogP contribution in [0.25, 0.3) is 0 Å². The van der Waals surface area contributed by atoms with Gasteiger partial charge in [0.25, 0.3) is 0 Å². The van der Waals surface area contributed by atoms with E-state index in [1.54, 1.807) is 32.9 Å². The molecule has 9 unspecified atom stereocenters. The Morgan fingerprint density at radius 1 is 1.32 bits per heavy atom. The number of aliphatic hydroxyl groups excluding tert-OH is 3. The van der Waals surface area contributed by atoms with Crippen LogP contribution in [0.5, 0.6) is 0 Å². The van der Waals surface area contributed by atoms with Crippen molar-refractivity contribution in [1.29, 1.82) is 0 Å². The maximum absolute atomic E-state index is 12.6. The van der Waals surface area contributed by atoms with E-state index in [0.717, 1.165) is 6.42 Å². The smallest absolute Gasteiger partial charge is 0.334 e. The second kappa shape index (κ2) is 7.01. The highest BCUT2D eigenvalue weighted by atomic mass is 16.6. The van der Waals surface area contributed by atoms with E-state index in [1.165, 1.54) is 0 Å². The van der Waals surface area contributed by atoms with Crippen LogP contribution in [0, 0.1) is 34.5 Å². The maximum Gasteiger partial charge on any atom is 0.334 e. The molecular formula is C25H36O6. The molecule has 4 aliphatic rings. The molecular weight excluding hydrogens is 396 g/mol. The minimum atomic E-state index is -1.98. The molecule has 2 saturated carbocycles. The topological polar surface area (TPSA) is 107 Å². The van der Waals surface area contributed by atoms with Crippen LogP contribution < -0.4 is 0 Å². The molecule has 6 nitrogen and oxygen atoms in total. The zero-order valence-corrected chi connectivity index (χ0v) is 19.3. The predicted molar refractivity (Wildman–Crippen MR) is 116 cm³/mol. The highest BCUT2D eigenvalue weighted by molar-refractivity contribution is 5.88. The summed E-state index contributed by atoms with van der Waals surface area (Å²) in [5.41, 5.74) is -1.86. The van der Waals surface area contributed by atoms with Crippen molar-refractivity contribution in [2.24, 2.45) is 34.5 Å². The standard InChI is InChI=1S/C25H36O6/c1-7-12(2)22(29)31-21-13(3)10-24-14(4)8-17-18(23(17,5)6)16(20(24)28)9-15(11-26)19(27)25(21,24)30/h7,9-10,14,16-21,26-28,30H,8,11H2,1-6H3. The normalized spacial score (nSPS) is 47.9. The minimum absolute atomic E-state index is 0.0399. The van der Waals surface area contributed by atoms with E-state index >= 15 is 0 Å². The number of carbonyl (C=O) groups excluding carboxylic acids is 1. The van der Waals surface area contributed by atoms with Gasteiger partial charge in [-0.2, -0.15) is 0 Å². The first kappa shape index (κ1) is 22.7. The lowest BCUT2D eigenvalue weighted by atomic mass is 9.58. The molecule has 4 N–H and O–H groups in total. The Morgan fingerprint density at radius 2 is 1.97 bits per heavy atom. The number of aliphatic hydroxyl groups is 4. The Balaban J connectivity index is 1.90. The van der Waals surface area contributed by atoms with E-state index in [-0.39, 0.29) is 28.7 Å². The van der Waals surface area contributed by atoms with E-state index in [9.17, 15) is 25.2 Å². The van der Waals surface area contributed by atoms with Gasteiger partial charge in [0.2, 0.25) is 0 Å². The lowest BCUT2D eigenvalue weighted by molar-refractivity contribution is -0.223. The zero-order valence-electron chi connectivity index (χ0n) is 19.3. The van der Waals surface area contributed by atoms with Gasteiger partial charge in [0.1, 0.15) is 11.7 Å². The summed E-state index contributed by atoms with van der Waals surface area (Å²) in [4.78, 5) is 12.6. The Labute approximate surface area is 184 Å². The quantitative estimate of drug-likeness (QED) is 0.309. The molecule has 4 rings (SSSR count). The van der Waals surface area contributed by atoms with Gasteiger partial charge in [-0.05, 0) is 61.5 Å². The molecule has 172 valence electrons. The van der Waals surface area contributed by atoms with Crippen LogP contribution >= 0.6 is 0 Å². The Morgan fingerprint density at radius 3 is 2.55 bits per heavy atom. The summed E-state index contributed by atoms with van der Waals surface area (Å²) in [6.07, 6.45) is 2.46. The molecule has 0 aromatic rings. The fourth-order valence-corrected chi connectivity index (χ4v) is 7.22. The van der Waals surface area contributed by atoms with Crippen LogP contribution in [-0.2, 0) is 9.53 Å². The molecule has 1 spiro atoms. The van der Waals surface area contributed by atoms with Gasteiger partial charge in [-0.15, -0.1) is 0 Å². The molecule has 4 aliphatic carbocycles. The fourth-order valence-electron chi connectivity index (χ4n) is 7.22. The first-order valence-electron chi connectivity index (χ1n) is 11.3. The van der Waals surface area contributed by atoms with Crippen molar-refractivity contribution >= 4 is 5.97 Å². The molecule has 0 heterocycles. The number of ether oxygens (including phenoxy) is 1. The van der Waals surface area contributed by atoms with Crippen LogP contribution in [0.4, 0.5) is 0 Å². The second-order valence-corrected chi connectivity index (χ2v) is 10.8. The summed E-state index contributed by atoms with van der Waals surface area (Å²) in [7, 11) is 0. The molecule has 0 saturated heterocycles. The van der Waals surface area contributed by atoms with Crippen LogP contribution in [0.15, 0.2) is 34.9 Å². The van der Waals surface area contributed by atoms with E-state index < -0.39 is 41.9 Å². The predicted octanol–water partition coefficient (Wildman–Crippen LogP) is 2.12. The van der Waals surface area contributed by atoms with Crippen LogP contribution in [0.1, 0.15) is 48.0 Å². The van der Waals surface area contributed by atoms with Crippen LogP contribution in [-0.4, -0.2) is 56.9 Å². The van der Waals surface area contributed by atoms with Gasteiger partial charge < -0.3 is 25.2 Å². The third-order valence-corrected chi connectivity index (χ3v) is 9.14. The fraction of sp³-hybridized carbons (Fsp3) is 0.720. The van der Waals surface area contributed by atoms with Crippen molar-refractivity contribution in [3.63, 3.8) is 0 Å². The molecule has 0 amide bonds. The summed E-state index contributed by atoms with van der Waals surface area (Å²) >= 11 is 0. The van der Waals surface area contributed by atoms with Gasteiger partial charge in [0.15, 0.2) is 6.10 Å². The lowest BCUT2D eigenvalue weighted by Gasteiger charge is -2.52. The summed E-state index contributed by atoms with van der Waals surface area (Å²) in [6.45, 7) is 11.1. The number of allylic oxidation sites excluding steroid dienone is 1. The van der Waals surface area contributed by atoms with Crippen molar-refractivity contribution < 1.29 is 30.0 Å². The summed E-state index contributed by atoms with van der Waals surface area (Å²) in [5.74, 6) is -0.493. The average molecular weight is 433 g/mol. The first-order valence-corrected chi connectivity index (χ1v) is 11.3. The number of fused-ring (bicyclic) bond motifs is 3. The van der Waals surface area contributed by atoms with Crippen molar-refractivity contribution in [2.75, 3.05) is 6.61 Å². The Kier molecular flexibility index (Phi) is 5.14. The Hall–Kier alpha value is -1.47. The van der Waals surface area contributed by atoms with Crippen molar-refractivity contribution in [1.82, 2.24) is 0 Å². The largest absolute Gasteiger partial charge is 0.451 e. The second-order valence-electron chi connectivity index (χ2n) is 10.8. The van der Waals surface area contributed by atoms with Gasteiger partial charge in [-0.1, -0.05) is 39.0 Å². The third-order valence-electron chi connectivity index (χ3n) is 9.14. The number of rotatable bonds is 3. The molecule has 31 heavy (non-hydrogen) atoms. The van der Waals surface area contributed by atoms with Crippen LogP contribution in [0.2, 0.25) is 0 Å². The summed E-state index contributed by atoms with van der Waals surface area (Å²) in [6, 6.07) is 0. The maximum atomic E-state index is 12.6. The van der Waals surface area contributed by atoms with Gasteiger partial charge in [0.05, 0.1) is 18.1 Å². The monoisotopic (exact) mass is 432 g/mol. The number of esters is 1. The van der Waals surface area contributed by atoms with E-state index in [2.05, 4.69) is 13.8 Å². The minimum Gasteiger partial charge on any atom is -0.451 e. The molecule has 0 radical (unpaired) electrons. The molecule has 2 fully saturated rings. The molecule has 6 heteroatoms. The van der Waals surface area contributed by atoms with E-state index in [1.807, 2.05) is 13.0 Å². The average Bonchev–Trinajstić information content (AvgIpc) is 3.21. The third kappa shape index (κ3) is 2.68. The molecule has 2 bridgehead atoms. The zero-order chi connectivity index (χ0) is 23.1. The number of carbonyl (C=O) groups is 1. The number of hydrogen-bond acceptors (Lipinski definition) is 6. The van der Waals surface area contributed by atoms with Crippen LogP contribution in [0.3, 0.4) is 0 Å². The highest BCUT2D eigenvalue weighted by Crippen LogP contribution is 2.72. The Bertz CT molecular complexity index is 884. The molecule has 0 aromatic heterocycles. The number of hydrogen-bond donors (Lipinski definition) is 4. The van der Waals surface area contributed by atoms with Gasteiger partial charge in [-0.3, -0.25) is 0 Å². The van der Waals surface area contributed by atoms with Crippen molar-refractivity contribution in [3.05, 3.63) is 34.9 Å². The molecule has 0 aromatic carbocycles. The van der Waals surface area contributed by atoms with Crippen molar-refractivity contribution in [3.8, 4) is 0 Å².